The second-order valence-corrected chi connectivity index (χ2v) is 13.3. The molecule has 6 rings (SSSR count). The summed E-state index contributed by atoms with van der Waals surface area (Å²) in [6.07, 6.45) is -4.71. The van der Waals surface area contributed by atoms with Crippen LogP contribution in [-0.4, -0.2) is 54.3 Å². The molecule has 50 heavy (non-hydrogen) atoms. The van der Waals surface area contributed by atoms with Crippen molar-refractivity contribution in [1.29, 1.82) is 0 Å². The number of thiazole rings is 1. The Hall–Kier alpha value is -5.09. The average molecular weight is 728 g/mol. The summed E-state index contributed by atoms with van der Waals surface area (Å²) in [5.41, 5.74) is -0.126. The molecule has 16 heteroatoms. The SMILES string of the molecule is CCOC(=O)c1ccc(NC(=O)Cn2c3c(sc2=O)C(c2ccc(OC)c(OC)c2)C2C(=O)N(c4cccc(C(F)(F)F)c4)C(=O)C2S3)cc1. The van der Waals surface area contributed by atoms with Crippen molar-refractivity contribution in [3.63, 3.8) is 0 Å². The molecule has 4 aromatic rings. The zero-order valence-electron chi connectivity index (χ0n) is 26.6. The van der Waals surface area contributed by atoms with Crippen LogP contribution in [0.5, 0.6) is 11.5 Å². The molecule has 0 bridgehead atoms. The molecule has 0 aliphatic carbocycles. The minimum atomic E-state index is -4.71. The van der Waals surface area contributed by atoms with Gasteiger partial charge in [-0.25, -0.2) is 9.69 Å². The van der Waals surface area contributed by atoms with Gasteiger partial charge in [-0.3, -0.25) is 23.7 Å². The minimum Gasteiger partial charge on any atom is -0.493 e. The number of hydrogen-bond acceptors (Lipinski definition) is 10. The maximum atomic E-state index is 14.1. The summed E-state index contributed by atoms with van der Waals surface area (Å²) in [6.45, 7) is 1.43. The van der Waals surface area contributed by atoms with Crippen LogP contribution in [-0.2, 0) is 31.8 Å². The van der Waals surface area contributed by atoms with E-state index in [0.29, 0.717) is 27.6 Å². The molecular weight excluding hydrogens is 700 g/mol. The Labute approximate surface area is 290 Å². The zero-order valence-corrected chi connectivity index (χ0v) is 28.2. The van der Waals surface area contributed by atoms with Crippen molar-refractivity contribution >= 4 is 58.2 Å². The molecule has 11 nitrogen and oxygen atoms in total. The fourth-order valence-corrected chi connectivity index (χ4v) is 8.76. The van der Waals surface area contributed by atoms with E-state index in [1.807, 2.05) is 0 Å². The number of imide groups is 1. The van der Waals surface area contributed by atoms with Crippen LogP contribution in [0.4, 0.5) is 24.5 Å². The standard InChI is InChI=1S/C34H28F3N3O8S2/c1-4-48-32(44)17-8-11-20(12-9-17)38-24(41)16-39-31-28(50-33(39)45)25(18-10-13-22(46-2)23(14-18)47-3)26-27(49-31)30(43)40(29(26)42)21-7-5-6-19(15-21)34(35,36)37/h5-15,25-27H,4,16H2,1-3H3,(H,38,41). The van der Waals surface area contributed by atoms with E-state index in [9.17, 15) is 37.1 Å². The number of esters is 1. The van der Waals surface area contributed by atoms with E-state index in [1.54, 1.807) is 25.1 Å². The maximum absolute atomic E-state index is 14.1. The number of nitrogens with one attached hydrogen (secondary N) is 1. The van der Waals surface area contributed by atoms with Crippen molar-refractivity contribution in [3.8, 4) is 11.5 Å². The number of ether oxygens (including phenoxy) is 3. The number of anilines is 2. The summed E-state index contributed by atoms with van der Waals surface area (Å²) in [6, 6.07) is 14.8. The zero-order chi connectivity index (χ0) is 35.9. The number of alkyl halides is 3. The third kappa shape index (κ3) is 6.35. The number of fused-ring (bicyclic) bond motifs is 2. The van der Waals surface area contributed by atoms with Gasteiger partial charge in [-0.1, -0.05) is 35.2 Å². The molecule has 3 atom stereocenters. The van der Waals surface area contributed by atoms with Gasteiger partial charge in [0.05, 0.1) is 48.6 Å². The average Bonchev–Trinajstić information content (AvgIpc) is 3.54. The molecule has 260 valence electrons. The Morgan fingerprint density at radius 2 is 1.64 bits per heavy atom. The molecule has 3 amide bonds. The molecule has 0 radical (unpaired) electrons. The molecule has 0 saturated carbocycles. The molecule has 3 unspecified atom stereocenters. The van der Waals surface area contributed by atoms with Gasteiger partial charge in [-0.2, -0.15) is 13.2 Å². The second-order valence-electron chi connectivity index (χ2n) is 11.2. The lowest BCUT2D eigenvalue weighted by Crippen LogP contribution is -2.33. The monoisotopic (exact) mass is 727 g/mol. The lowest BCUT2D eigenvalue weighted by atomic mass is 9.83. The van der Waals surface area contributed by atoms with Crippen LogP contribution in [0.15, 0.2) is 76.6 Å². The summed E-state index contributed by atoms with van der Waals surface area (Å²) < 4.78 is 57.8. The normalized spacial score (nSPS) is 18.4. The quantitative estimate of drug-likeness (QED) is 0.174. The van der Waals surface area contributed by atoms with Gasteiger partial charge in [-0.15, -0.1) is 0 Å². The highest BCUT2D eigenvalue weighted by atomic mass is 32.2. The van der Waals surface area contributed by atoms with Gasteiger partial charge >= 0.3 is 17.0 Å². The third-order valence-corrected chi connectivity index (χ3v) is 10.8. The van der Waals surface area contributed by atoms with E-state index in [2.05, 4.69) is 5.32 Å². The summed E-state index contributed by atoms with van der Waals surface area (Å²) in [5.74, 6) is -3.89. The van der Waals surface area contributed by atoms with E-state index in [0.717, 1.165) is 46.2 Å². The largest absolute Gasteiger partial charge is 0.493 e. The molecule has 0 spiro atoms. The van der Waals surface area contributed by atoms with Crippen LogP contribution in [0, 0.1) is 5.92 Å². The molecule has 2 aliphatic heterocycles. The molecule has 3 aromatic carbocycles. The summed E-state index contributed by atoms with van der Waals surface area (Å²) in [5, 5.41) is 1.83. The highest BCUT2D eigenvalue weighted by Gasteiger charge is 2.57. The maximum Gasteiger partial charge on any atom is 0.416 e. The Bertz CT molecular complexity index is 2060. The first-order chi connectivity index (χ1) is 23.9. The van der Waals surface area contributed by atoms with E-state index in [1.165, 1.54) is 49.1 Å². The van der Waals surface area contributed by atoms with Crippen molar-refractivity contribution in [2.75, 3.05) is 31.0 Å². The molecule has 1 aromatic heterocycles. The van der Waals surface area contributed by atoms with E-state index >= 15 is 0 Å². The number of nitrogens with zero attached hydrogens (tertiary/aromatic N) is 2. The number of carbonyl (C=O) groups is 4. The summed E-state index contributed by atoms with van der Waals surface area (Å²) in [7, 11) is 2.87. The van der Waals surface area contributed by atoms with Crippen LogP contribution in [0.25, 0.3) is 0 Å². The van der Waals surface area contributed by atoms with E-state index in [-0.39, 0.29) is 22.9 Å². The lowest BCUT2D eigenvalue weighted by Gasteiger charge is -2.31. The fraction of sp³-hybridized carbons (Fsp3) is 0.265. The molecule has 2 aliphatic rings. The highest BCUT2D eigenvalue weighted by molar-refractivity contribution is 8.00. The molecule has 3 heterocycles. The Kier molecular flexibility index (Phi) is 9.50. The van der Waals surface area contributed by atoms with Crippen LogP contribution in [0.3, 0.4) is 0 Å². The van der Waals surface area contributed by atoms with Crippen molar-refractivity contribution in [3.05, 3.63) is 98.0 Å². The van der Waals surface area contributed by atoms with Gasteiger partial charge < -0.3 is 19.5 Å². The smallest absolute Gasteiger partial charge is 0.416 e. The van der Waals surface area contributed by atoms with Crippen molar-refractivity contribution in [1.82, 2.24) is 4.57 Å². The van der Waals surface area contributed by atoms with Gasteiger partial charge in [0.1, 0.15) is 11.8 Å². The van der Waals surface area contributed by atoms with Crippen LogP contribution >= 0.6 is 23.1 Å². The first-order valence-corrected chi connectivity index (χ1v) is 16.8. The van der Waals surface area contributed by atoms with E-state index < -0.39 is 63.9 Å². The van der Waals surface area contributed by atoms with Gasteiger partial charge in [0.25, 0.3) is 0 Å². The van der Waals surface area contributed by atoms with Crippen LogP contribution in [0.2, 0.25) is 0 Å². The summed E-state index contributed by atoms with van der Waals surface area (Å²) >= 11 is 1.73. The number of carbonyl (C=O) groups excluding carboxylic acids is 4. The Balaban J connectivity index is 1.38. The van der Waals surface area contributed by atoms with Crippen LogP contribution < -0.4 is 24.6 Å². The van der Waals surface area contributed by atoms with Gasteiger partial charge in [0.15, 0.2) is 11.5 Å². The van der Waals surface area contributed by atoms with Crippen molar-refractivity contribution < 1.29 is 46.6 Å². The Morgan fingerprint density at radius 1 is 0.920 bits per heavy atom. The lowest BCUT2D eigenvalue weighted by molar-refractivity contribution is -0.137. The van der Waals surface area contributed by atoms with Crippen molar-refractivity contribution in [2.45, 2.75) is 35.8 Å². The number of aromatic nitrogens is 1. The van der Waals surface area contributed by atoms with E-state index in [4.69, 9.17) is 14.2 Å². The molecule has 1 N–H and O–H groups in total. The van der Waals surface area contributed by atoms with Gasteiger partial charge in [0.2, 0.25) is 17.7 Å². The first kappa shape index (κ1) is 34.8. The number of rotatable bonds is 9. The first-order valence-electron chi connectivity index (χ1n) is 15.1. The second kappa shape index (κ2) is 13.7. The van der Waals surface area contributed by atoms with Crippen molar-refractivity contribution in [2.24, 2.45) is 5.92 Å². The number of methoxy groups -OCH3 is 2. The number of amides is 3. The topological polar surface area (TPSA) is 133 Å². The Morgan fingerprint density at radius 3 is 2.30 bits per heavy atom. The number of benzene rings is 3. The van der Waals surface area contributed by atoms with Crippen LogP contribution in [0.1, 0.15) is 39.2 Å². The third-order valence-electron chi connectivity index (χ3n) is 8.23. The fourth-order valence-electron chi connectivity index (χ4n) is 5.98. The van der Waals surface area contributed by atoms with Gasteiger partial charge in [0, 0.05) is 16.5 Å². The molecule has 1 saturated heterocycles. The predicted octanol–water partition coefficient (Wildman–Crippen LogP) is 5.56. The highest BCUT2D eigenvalue weighted by Crippen LogP contribution is 2.54. The summed E-state index contributed by atoms with van der Waals surface area (Å²) in [4.78, 5) is 67.5. The number of hydrogen-bond donors (Lipinski definition) is 1. The molecule has 1 fully saturated rings. The minimum absolute atomic E-state index is 0.201. The molecular formula is C34H28F3N3O8S2. The number of halogens is 3. The van der Waals surface area contributed by atoms with Gasteiger partial charge in [-0.05, 0) is 67.1 Å². The number of thioether (sulfide) groups is 1. The predicted molar refractivity (Wildman–Crippen MR) is 178 cm³/mol.